The molecule has 174 valence electrons. The fourth-order valence-electron chi connectivity index (χ4n) is 4.20. The molecule has 0 atom stereocenters. The molecule has 4 aromatic carbocycles. The van der Waals surface area contributed by atoms with Crippen LogP contribution in [0.5, 0.6) is 11.5 Å². The molecule has 0 aliphatic carbocycles. The fourth-order valence-corrected chi connectivity index (χ4v) is 4.20. The molecule has 2 nitrogen and oxygen atoms in total. The van der Waals surface area contributed by atoms with Crippen molar-refractivity contribution in [2.24, 2.45) is 0 Å². The van der Waals surface area contributed by atoms with Crippen molar-refractivity contribution in [3.63, 3.8) is 0 Å². The van der Waals surface area contributed by atoms with Gasteiger partial charge in [-0.2, -0.15) is 0 Å². The summed E-state index contributed by atoms with van der Waals surface area (Å²) in [4.78, 5) is 0. The maximum Gasteiger partial charge on any atom is 0.130 e. The van der Waals surface area contributed by atoms with Crippen molar-refractivity contribution >= 4 is 0 Å². The summed E-state index contributed by atoms with van der Waals surface area (Å²) in [6.45, 7) is 2.97. The van der Waals surface area contributed by atoms with Gasteiger partial charge in [-0.15, -0.1) is 0 Å². The predicted molar refractivity (Wildman–Crippen MR) is 144 cm³/mol. The second-order valence-corrected chi connectivity index (χ2v) is 8.65. The van der Waals surface area contributed by atoms with E-state index in [2.05, 4.69) is 85.8 Å². The minimum Gasteiger partial charge on any atom is -0.497 e. The minimum absolute atomic E-state index is 0.732. The highest BCUT2D eigenvalue weighted by molar-refractivity contribution is 5.76. The van der Waals surface area contributed by atoms with Gasteiger partial charge in [-0.05, 0) is 46.4 Å². The second kappa shape index (κ2) is 12.1. The van der Waals surface area contributed by atoms with Gasteiger partial charge in [-0.25, -0.2) is 0 Å². The van der Waals surface area contributed by atoms with Crippen LogP contribution in [0.3, 0.4) is 0 Å². The van der Waals surface area contributed by atoms with Gasteiger partial charge < -0.3 is 9.47 Å². The Morgan fingerprint density at radius 3 is 1.71 bits per heavy atom. The molecule has 0 fully saturated rings. The summed E-state index contributed by atoms with van der Waals surface area (Å²) >= 11 is 0. The minimum atomic E-state index is 0.732. The Labute approximate surface area is 204 Å². The third-order valence-corrected chi connectivity index (χ3v) is 6.22. The van der Waals surface area contributed by atoms with E-state index in [0.29, 0.717) is 0 Å². The normalized spacial score (nSPS) is 10.8. The maximum atomic E-state index is 6.20. The van der Waals surface area contributed by atoms with Gasteiger partial charge in [0.15, 0.2) is 0 Å². The van der Waals surface area contributed by atoms with Gasteiger partial charge in [0.05, 0.1) is 13.7 Å². The van der Waals surface area contributed by atoms with E-state index in [0.717, 1.165) is 35.7 Å². The molecule has 4 rings (SSSR count). The zero-order valence-corrected chi connectivity index (χ0v) is 20.3. The van der Waals surface area contributed by atoms with E-state index < -0.39 is 0 Å². The Morgan fingerprint density at radius 2 is 1.12 bits per heavy atom. The number of methoxy groups -OCH3 is 1. The molecule has 2 heteroatoms. The molecule has 4 aromatic rings. The highest BCUT2D eigenvalue weighted by Gasteiger charge is 2.09. The standard InChI is InChI=1S/C32H34O2/c1-3-4-5-6-10-23-34-32-24-30(33-2)21-22-31(32)29-19-17-28(18-20-29)27-15-13-26(14-16-27)25-11-8-7-9-12-25/h7-9,11-22,24H,3-6,10,23H2,1-2H3. The number of hydrogen-bond donors (Lipinski definition) is 0. The number of rotatable bonds is 11. The first-order chi connectivity index (χ1) is 16.8. The zero-order chi connectivity index (χ0) is 23.6. The van der Waals surface area contributed by atoms with Gasteiger partial charge in [0.2, 0.25) is 0 Å². The Kier molecular flexibility index (Phi) is 8.40. The highest BCUT2D eigenvalue weighted by atomic mass is 16.5. The molecular weight excluding hydrogens is 416 g/mol. The third-order valence-electron chi connectivity index (χ3n) is 6.22. The lowest BCUT2D eigenvalue weighted by Gasteiger charge is -2.14. The molecule has 0 N–H and O–H groups in total. The number of ether oxygens (including phenoxy) is 2. The van der Waals surface area contributed by atoms with E-state index >= 15 is 0 Å². The van der Waals surface area contributed by atoms with Crippen molar-refractivity contribution in [2.75, 3.05) is 13.7 Å². The molecule has 0 radical (unpaired) electrons. The number of unbranched alkanes of at least 4 members (excludes halogenated alkanes) is 4. The van der Waals surface area contributed by atoms with Crippen LogP contribution in [-0.2, 0) is 0 Å². The highest BCUT2D eigenvalue weighted by Crippen LogP contribution is 2.35. The van der Waals surface area contributed by atoms with Crippen molar-refractivity contribution in [3.8, 4) is 44.9 Å². The average molecular weight is 451 g/mol. The lowest BCUT2D eigenvalue weighted by molar-refractivity contribution is 0.303. The summed E-state index contributed by atoms with van der Waals surface area (Å²) in [5.74, 6) is 1.70. The van der Waals surface area contributed by atoms with Crippen molar-refractivity contribution in [1.29, 1.82) is 0 Å². The first-order valence-corrected chi connectivity index (χ1v) is 12.4. The summed E-state index contributed by atoms with van der Waals surface area (Å²) in [6.07, 6.45) is 6.12. The molecule has 0 saturated carbocycles. The molecule has 34 heavy (non-hydrogen) atoms. The molecule has 0 unspecified atom stereocenters. The molecule has 0 saturated heterocycles. The lowest BCUT2D eigenvalue weighted by Crippen LogP contribution is -1.99. The van der Waals surface area contributed by atoms with Crippen LogP contribution >= 0.6 is 0 Å². The van der Waals surface area contributed by atoms with Crippen LogP contribution in [0.15, 0.2) is 97.1 Å². The molecule has 0 aliphatic rings. The second-order valence-electron chi connectivity index (χ2n) is 8.65. The summed E-state index contributed by atoms with van der Waals surface area (Å²) < 4.78 is 11.6. The number of hydrogen-bond acceptors (Lipinski definition) is 2. The van der Waals surface area contributed by atoms with E-state index in [9.17, 15) is 0 Å². The van der Waals surface area contributed by atoms with E-state index in [1.54, 1.807) is 7.11 Å². The van der Waals surface area contributed by atoms with E-state index in [1.165, 1.54) is 47.9 Å². The zero-order valence-electron chi connectivity index (χ0n) is 20.3. The van der Waals surface area contributed by atoms with Crippen LogP contribution in [-0.4, -0.2) is 13.7 Å². The van der Waals surface area contributed by atoms with Gasteiger partial charge in [0.25, 0.3) is 0 Å². The van der Waals surface area contributed by atoms with Crippen LogP contribution in [0, 0.1) is 0 Å². The quantitative estimate of drug-likeness (QED) is 0.212. The molecule has 0 bridgehead atoms. The van der Waals surface area contributed by atoms with Crippen LogP contribution < -0.4 is 9.47 Å². The van der Waals surface area contributed by atoms with Gasteiger partial charge in [0.1, 0.15) is 11.5 Å². The first-order valence-electron chi connectivity index (χ1n) is 12.4. The van der Waals surface area contributed by atoms with Crippen LogP contribution in [0.4, 0.5) is 0 Å². The Hall–Kier alpha value is -3.52. The Morgan fingerprint density at radius 1 is 0.559 bits per heavy atom. The molecular formula is C32H34O2. The summed E-state index contributed by atoms with van der Waals surface area (Å²) in [6, 6.07) is 34.1. The fraction of sp³-hybridized carbons (Fsp3) is 0.250. The van der Waals surface area contributed by atoms with E-state index in [4.69, 9.17) is 9.47 Å². The van der Waals surface area contributed by atoms with Gasteiger partial charge in [-0.3, -0.25) is 0 Å². The molecule has 0 aliphatic heterocycles. The molecule has 0 spiro atoms. The van der Waals surface area contributed by atoms with E-state index in [-0.39, 0.29) is 0 Å². The van der Waals surface area contributed by atoms with Crippen molar-refractivity contribution in [1.82, 2.24) is 0 Å². The van der Waals surface area contributed by atoms with Gasteiger partial charge in [-0.1, -0.05) is 111 Å². The Balaban J connectivity index is 1.48. The van der Waals surface area contributed by atoms with Crippen molar-refractivity contribution < 1.29 is 9.47 Å². The first kappa shape index (κ1) is 23.6. The lowest BCUT2D eigenvalue weighted by atomic mass is 9.98. The maximum absolute atomic E-state index is 6.20. The molecule has 0 aromatic heterocycles. The largest absolute Gasteiger partial charge is 0.497 e. The van der Waals surface area contributed by atoms with Gasteiger partial charge in [0, 0.05) is 11.6 Å². The van der Waals surface area contributed by atoms with Crippen LogP contribution in [0.25, 0.3) is 33.4 Å². The third kappa shape index (κ3) is 6.08. The van der Waals surface area contributed by atoms with Crippen LogP contribution in [0.2, 0.25) is 0 Å². The average Bonchev–Trinajstić information content (AvgIpc) is 2.91. The van der Waals surface area contributed by atoms with Crippen LogP contribution in [0.1, 0.15) is 39.0 Å². The van der Waals surface area contributed by atoms with Gasteiger partial charge >= 0.3 is 0 Å². The summed E-state index contributed by atoms with van der Waals surface area (Å²) in [5.41, 5.74) is 7.13. The Bertz CT molecular complexity index is 1150. The monoisotopic (exact) mass is 450 g/mol. The summed E-state index contributed by atoms with van der Waals surface area (Å²) in [5, 5.41) is 0. The van der Waals surface area contributed by atoms with Crippen molar-refractivity contribution in [3.05, 3.63) is 97.1 Å². The van der Waals surface area contributed by atoms with E-state index in [1.807, 2.05) is 18.2 Å². The smallest absolute Gasteiger partial charge is 0.130 e. The topological polar surface area (TPSA) is 18.5 Å². The molecule has 0 heterocycles. The summed E-state index contributed by atoms with van der Waals surface area (Å²) in [7, 11) is 1.70. The van der Waals surface area contributed by atoms with Crippen molar-refractivity contribution in [2.45, 2.75) is 39.0 Å². The molecule has 0 amide bonds. The number of benzene rings is 4. The predicted octanol–water partition coefficient (Wildman–Crippen LogP) is 9.05. The SMILES string of the molecule is CCCCCCCOc1cc(OC)ccc1-c1ccc(-c2ccc(-c3ccccc3)cc2)cc1.